The molecule has 0 radical (unpaired) electrons. The third-order valence-electron chi connectivity index (χ3n) is 8.02. The van der Waals surface area contributed by atoms with Crippen LogP contribution in [0.25, 0.3) is 10.8 Å². The van der Waals surface area contributed by atoms with Gasteiger partial charge in [-0.25, -0.2) is 4.79 Å². The maximum Gasteiger partial charge on any atom is 0.340 e. The molecule has 0 aromatic heterocycles. The van der Waals surface area contributed by atoms with Gasteiger partial charge in [-0.15, -0.1) is 0 Å². The monoisotopic (exact) mass is 609 g/mol. The van der Waals surface area contributed by atoms with Crippen LogP contribution in [-0.2, 0) is 19.8 Å². The summed E-state index contributed by atoms with van der Waals surface area (Å²) in [6.07, 6.45) is 0. The molecule has 222 valence electrons. The number of anilines is 2. The van der Waals surface area contributed by atoms with E-state index in [9.17, 15) is 4.79 Å². The zero-order valence-corrected chi connectivity index (χ0v) is 25.0. The van der Waals surface area contributed by atoms with Crippen molar-refractivity contribution in [2.75, 3.05) is 39.8 Å². The molecule has 2 aliphatic heterocycles. The molecule has 1 unspecified atom stereocenters. The Bertz CT molecular complexity index is 1910. The van der Waals surface area contributed by atoms with Crippen molar-refractivity contribution in [3.05, 3.63) is 118 Å². The molecule has 5 aromatic rings. The van der Waals surface area contributed by atoms with Crippen LogP contribution in [0.2, 0.25) is 5.02 Å². The van der Waals surface area contributed by atoms with Crippen LogP contribution in [0.3, 0.4) is 0 Å². The fourth-order valence-corrected chi connectivity index (χ4v) is 6.14. The smallest absolute Gasteiger partial charge is 0.340 e. The van der Waals surface area contributed by atoms with Gasteiger partial charge in [-0.05, 0) is 66.0 Å². The van der Waals surface area contributed by atoms with E-state index in [-0.39, 0.29) is 13.6 Å². The summed E-state index contributed by atoms with van der Waals surface area (Å²) in [5.41, 5.74) is 3.27. The lowest BCUT2D eigenvalue weighted by Gasteiger charge is -2.37. The minimum atomic E-state index is -1.25. The van der Waals surface area contributed by atoms with Gasteiger partial charge in [0, 0.05) is 60.8 Å². The van der Waals surface area contributed by atoms with E-state index in [0.717, 1.165) is 33.5 Å². The van der Waals surface area contributed by atoms with Gasteiger partial charge < -0.3 is 33.3 Å². The van der Waals surface area contributed by atoms with E-state index >= 15 is 0 Å². The summed E-state index contributed by atoms with van der Waals surface area (Å²) in [6, 6.07) is 28.8. The van der Waals surface area contributed by atoms with Crippen LogP contribution in [0.15, 0.2) is 91.0 Å². The third-order valence-corrected chi connectivity index (χ3v) is 8.31. The molecule has 0 bridgehead atoms. The number of nitrogens with zero attached hydrogens (tertiary/aromatic N) is 1. The highest BCUT2D eigenvalue weighted by Crippen LogP contribution is 2.58. The number of carbonyl (C=O) groups is 1. The molecule has 0 N–H and O–H groups in total. The lowest BCUT2D eigenvalue weighted by atomic mass is 9.77. The molecule has 1 atom stereocenters. The molecular weight excluding hydrogens is 582 g/mol. The first-order chi connectivity index (χ1) is 21.4. The number of rotatable bonds is 8. The van der Waals surface area contributed by atoms with Crippen molar-refractivity contribution in [1.29, 1.82) is 0 Å². The number of carbonyl (C=O) groups excluding carboxylic acids is 1. The summed E-state index contributed by atoms with van der Waals surface area (Å²) in [7, 11) is 5.13. The number of ether oxygens (including phenoxy) is 6. The van der Waals surface area contributed by atoms with Crippen LogP contribution >= 0.6 is 11.6 Å². The van der Waals surface area contributed by atoms with Crippen LogP contribution in [0, 0.1) is 0 Å². The van der Waals surface area contributed by atoms with Crippen molar-refractivity contribution < 1.29 is 33.2 Å². The Morgan fingerprint density at radius 2 is 1.55 bits per heavy atom. The predicted molar refractivity (Wildman–Crippen MR) is 167 cm³/mol. The molecule has 44 heavy (non-hydrogen) atoms. The molecule has 9 heteroatoms. The Labute approximate surface area is 259 Å². The van der Waals surface area contributed by atoms with Gasteiger partial charge in [0.25, 0.3) is 0 Å². The topological polar surface area (TPSA) is 75.7 Å². The Balaban J connectivity index is 1.35. The van der Waals surface area contributed by atoms with Gasteiger partial charge in [0.05, 0.1) is 10.6 Å². The minimum Gasteiger partial charge on any atom is -0.468 e. The first-order valence-corrected chi connectivity index (χ1v) is 14.3. The number of methoxy groups -OCH3 is 2. The second-order valence-electron chi connectivity index (χ2n) is 10.5. The van der Waals surface area contributed by atoms with E-state index in [1.54, 1.807) is 25.3 Å². The Morgan fingerprint density at radius 1 is 0.795 bits per heavy atom. The zero-order valence-electron chi connectivity index (χ0n) is 24.3. The standard InChI is InChI=1S/C35H28ClNO7/c1-37(22-9-12-24(13-10-22)41-19-39-2)23-11-14-25-21(16-23)8-15-28-33(25)43-31-18-32(42-20-40-3)30(36)17-29(31)35(28)27-7-5-4-6-26(27)34(38)44-35/h4-18H,19-20H2,1-3H3. The van der Waals surface area contributed by atoms with Crippen molar-refractivity contribution >= 4 is 39.7 Å². The summed E-state index contributed by atoms with van der Waals surface area (Å²) in [6.45, 7) is 0.206. The number of hydrogen-bond donors (Lipinski definition) is 0. The van der Waals surface area contributed by atoms with E-state index in [1.165, 1.54) is 7.11 Å². The van der Waals surface area contributed by atoms with Gasteiger partial charge in [-0.3, -0.25) is 0 Å². The average molecular weight is 610 g/mol. The van der Waals surface area contributed by atoms with Crippen LogP contribution < -0.4 is 19.1 Å². The molecular formula is C35H28ClNO7. The molecule has 0 fully saturated rings. The molecule has 0 aliphatic carbocycles. The Morgan fingerprint density at radius 3 is 2.34 bits per heavy atom. The number of esters is 1. The van der Waals surface area contributed by atoms with Crippen molar-refractivity contribution in [2.24, 2.45) is 0 Å². The fraction of sp³-hybridized carbons (Fsp3) is 0.171. The quantitative estimate of drug-likeness (QED) is 0.130. The lowest BCUT2D eigenvalue weighted by molar-refractivity contribution is 0.0224. The zero-order chi connectivity index (χ0) is 30.4. The second kappa shape index (κ2) is 11.1. The molecule has 0 amide bonds. The number of fused-ring (bicyclic) bond motifs is 8. The predicted octanol–water partition coefficient (Wildman–Crippen LogP) is 7.79. The molecule has 0 saturated heterocycles. The van der Waals surface area contributed by atoms with Gasteiger partial charge in [0.1, 0.15) is 23.0 Å². The fourth-order valence-electron chi connectivity index (χ4n) is 5.93. The van der Waals surface area contributed by atoms with E-state index in [4.69, 9.17) is 40.0 Å². The van der Waals surface area contributed by atoms with Crippen LogP contribution in [0.1, 0.15) is 27.0 Å². The maximum atomic E-state index is 13.3. The first kappa shape index (κ1) is 28.0. The maximum absolute atomic E-state index is 13.3. The summed E-state index contributed by atoms with van der Waals surface area (Å²) in [4.78, 5) is 15.4. The van der Waals surface area contributed by atoms with E-state index in [1.807, 2.05) is 73.8 Å². The molecule has 5 aromatic carbocycles. The van der Waals surface area contributed by atoms with Gasteiger partial charge >= 0.3 is 5.97 Å². The molecule has 0 saturated carbocycles. The normalized spacial score (nSPS) is 16.1. The number of benzene rings is 5. The molecule has 2 heterocycles. The van der Waals surface area contributed by atoms with Crippen LogP contribution in [0.5, 0.6) is 23.0 Å². The van der Waals surface area contributed by atoms with Crippen molar-refractivity contribution in [3.8, 4) is 23.0 Å². The highest BCUT2D eigenvalue weighted by Gasteiger charge is 2.54. The van der Waals surface area contributed by atoms with E-state index in [2.05, 4.69) is 11.0 Å². The lowest BCUT2D eigenvalue weighted by Crippen LogP contribution is -2.33. The third kappa shape index (κ3) is 4.42. The van der Waals surface area contributed by atoms with Crippen molar-refractivity contribution in [2.45, 2.75) is 5.60 Å². The summed E-state index contributed by atoms with van der Waals surface area (Å²) >= 11 is 6.68. The highest BCUT2D eigenvalue weighted by atomic mass is 35.5. The Kier molecular flexibility index (Phi) is 7.05. The largest absolute Gasteiger partial charge is 0.468 e. The van der Waals surface area contributed by atoms with Crippen LogP contribution in [-0.4, -0.2) is 40.8 Å². The summed E-state index contributed by atoms with van der Waals surface area (Å²) < 4.78 is 34.3. The minimum absolute atomic E-state index is 0.0141. The highest BCUT2D eigenvalue weighted by molar-refractivity contribution is 6.32. The Hall–Kier alpha value is -4.76. The molecule has 1 spiro atoms. The summed E-state index contributed by atoms with van der Waals surface area (Å²) in [5.74, 6) is 1.78. The van der Waals surface area contributed by atoms with Crippen molar-refractivity contribution in [1.82, 2.24) is 0 Å². The second-order valence-corrected chi connectivity index (χ2v) is 10.9. The first-order valence-electron chi connectivity index (χ1n) is 13.9. The number of hydrogen-bond acceptors (Lipinski definition) is 8. The average Bonchev–Trinajstić information content (AvgIpc) is 3.35. The van der Waals surface area contributed by atoms with Crippen LogP contribution in [0.4, 0.5) is 11.4 Å². The van der Waals surface area contributed by atoms with Gasteiger partial charge in [0.2, 0.25) is 0 Å². The summed E-state index contributed by atoms with van der Waals surface area (Å²) in [5, 5.41) is 2.16. The van der Waals surface area contributed by atoms with Gasteiger partial charge in [-0.2, -0.15) is 0 Å². The van der Waals surface area contributed by atoms with E-state index < -0.39 is 11.6 Å². The van der Waals surface area contributed by atoms with Gasteiger partial charge in [-0.1, -0.05) is 35.9 Å². The SMILES string of the molecule is COCOc1ccc(N(C)c2ccc3c4c(ccc3c2)C2(OC(=O)c3ccccc32)c2cc(Cl)c(OCOC)cc2O4)cc1. The van der Waals surface area contributed by atoms with Gasteiger partial charge in [0.15, 0.2) is 19.2 Å². The van der Waals surface area contributed by atoms with E-state index in [0.29, 0.717) is 39.0 Å². The molecule has 2 aliphatic rings. The molecule has 8 nitrogen and oxygen atoms in total. The molecule has 7 rings (SSSR count). The number of halogens is 1. The van der Waals surface area contributed by atoms with Crippen molar-refractivity contribution in [3.63, 3.8) is 0 Å².